The average molecular weight is 388 g/mol. The summed E-state index contributed by atoms with van der Waals surface area (Å²) in [6, 6.07) is 14.6. The lowest BCUT2D eigenvalue weighted by atomic mass is 10.1. The van der Waals surface area contributed by atoms with Gasteiger partial charge in [-0.1, -0.05) is 29.8 Å². The van der Waals surface area contributed by atoms with E-state index in [1.54, 1.807) is 29.2 Å². The molecule has 2 rings (SSSR count). The lowest BCUT2D eigenvalue weighted by molar-refractivity contribution is -0.117. The summed E-state index contributed by atoms with van der Waals surface area (Å²) in [6.45, 7) is 6.06. The summed E-state index contributed by atoms with van der Waals surface area (Å²) < 4.78 is 0. The molecule has 1 N–H and O–H groups in total. The summed E-state index contributed by atoms with van der Waals surface area (Å²) in [7, 11) is 1.88. The quantitative estimate of drug-likeness (QED) is 0.747. The molecule has 2 aromatic rings. The summed E-state index contributed by atoms with van der Waals surface area (Å²) in [5.74, 6) is -0.166. The largest absolute Gasteiger partial charge is 0.339 e. The van der Waals surface area contributed by atoms with Crippen molar-refractivity contribution in [2.75, 3.05) is 32.0 Å². The molecule has 0 aromatic heterocycles. The van der Waals surface area contributed by atoms with Crippen molar-refractivity contribution in [3.8, 4) is 0 Å². The Labute approximate surface area is 165 Å². The SMILES string of the molecule is CCN(CC)C(=O)c1cccc(NC(=O)CN(C)Cc2cccc(Cl)c2)c1. The first-order chi connectivity index (χ1) is 12.9. The van der Waals surface area contributed by atoms with Crippen LogP contribution in [-0.2, 0) is 11.3 Å². The molecule has 0 heterocycles. The Morgan fingerprint density at radius 3 is 2.41 bits per heavy atom. The van der Waals surface area contributed by atoms with E-state index in [2.05, 4.69) is 5.32 Å². The fraction of sp³-hybridized carbons (Fsp3) is 0.333. The smallest absolute Gasteiger partial charge is 0.253 e. The highest BCUT2D eigenvalue weighted by Gasteiger charge is 2.14. The zero-order valence-electron chi connectivity index (χ0n) is 16.0. The predicted octanol–water partition coefficient (Wildman–Crippen LogP) is 3.89. The van der Waals surface area contributed by atoms with Gasteiger partial charge in [-0.15, -0.1) is 0 Å². The molecule has 0 aliphatic heterocycles. The highest BCUT2D eigenvalue weighted by atomic mass is 35.5. The molecule has 2 aromatic carbocycles. The predicted molar refractivity (Wildman–Crippen MR) is 110 cm³/mol. The molecule has 0 saturated carbocycles. The van der Waals surface area contributed by atoms with Crippen molar-refractivity contribution in [1.82, 2.24) is 9.80 Å². The number of anilines is 1. The molecule has 0 saturated heterocycles. The number of benzene rings is 2. The molecule has 27 heavy (non-hydrogen) atoms. The lowest BCUT2D eigenvalue weighted by Crippen LogP contribution is -2.31. The Morgan fingerprint density at radius 1 is 1.04 bits per heavy atom. The van der Waals surface area contributed by atoms with E-state index in [0.717, 1.165) is 5.56 Å². The topological polar surface area (TPSA) is 52.7 Å². The van der Waals surface area contributed by atoms with Crippen molar-refractivity contribution in [2.45, 2.75) is 20.4 Å². The van der Waals surface area contributed by atoms with Gasteiger partial charge in [-0.2, -0.15) is 0 Å². The van der Waals surface area contributed by atoms with Gasteiger partial charge in [0, 0.05) is 35.9 Å². The van der Waals surface area contributed by atoms with Crippen LogP contribution in [0.15, 0.2) is 48.5 Å². The maximum atomic E-state index is 12.4. The zero-order valence-corrected chi connectivity index (χ0v) is 16.8. The number of halogens is 1. The third-order valence-corrected chi connectivity index (χ3v) is 4.43. The van der Waals surface area contributed by atoms with Gasteiger partial charge in [-0.25, -0.2) is 0 Å². The van der Waals surface area contributed by atoms with E-state index in [0.29, 0.717) is 35.9 Å². The van der Waals surface area contributed by atoms with Crippen molar-refractivity contribution in [2.24, 2.45) is 0 Å². The van der Waals surface area contributed by atoms with E-state index in [1.807, 2.05) is 50.1 Å². The second-order valence-corrected chi connectivity index (χ2v) is 6.85. The van der Waals surface area contributed by atoms with Crippen LogP contribution < -0.4 is 5.32 Å². The second-order valence-electron chi connectivity index (χ2n) is 6.41. The number of amides is 2. The van der Waals surface area contributed by atoms with Crippen LogP contribution in [0.3, 0.4) is 0 Å². The maximum absolute atomic E-state index is 12.4. The Hall–Kier alpha value is -2.37. The summed E-state index contributed by atoms with van der Waals surface area (Å²) in [5, 5.41) is 3.54. The molecular weight excluding hydrogens is 362 g/mol. The van der Waals surface area contributed by atoms with E-state index < -0.39 is 0 Å². The van der Waals surface area contributed by atoms with E-state index >= 15 is 0 Å². The van der Waals surface area contributed by atoms with Gasteiger partial charge in [0.1, 0.15) is 0 Å². The third kappa shape index (κ3) is 6.38. The van der Waals surface area contributed by atoms with Crippen LogP contribution in [0, 0.1) is 0 Å². The van der Waals surface area contributed by atoms with Crippen molar-refractivity contribution < 1.29 is 9.59 Å². The zero-order chi connectivity index (χ0) is 19.8. The van der Waals surface area contributed by atoms with Gasteiger partial charge in [0.2, 0.25) is 5.91 Å². The number of rotatable bonds is 8. The molecule has 0 radical (unpaired) electrons. The summed E-state index contributed by atoms with van der Waals surface area (Å²) >= 11 is 6.00. The minimum Gasteiger partial charge on any atom is -0.339 e. The van der Waals surface area contributed by atoms with Gasteiger partial charge in [-0.05, 0) is 56.8 Å². The molecule has 0 bridgehead atoms. The number of hydrogen-bond donors (Lipinski definition) is 1. The Morgan fingerprint density at radius 2 is 1.74 bits per heavy atom. The van der Waals surface area contributed by atoms with Crippen molar-refractivity contribution >= 4 is 29.1 Å². The average Bonchev–Trinajstić information content (AvgIpc) is 2.62. The highest BCUT2D eigenvalue weighted by molar-refractivity contribution is 6.30. The van der Waals surface area contributed by atoms with E-state index in [9.17, 15) is 9.59 Å². The monoisotopic (exact) mass is 387 g/mol. The van der Waals surface area contributed by atoms with Crippen molar-refractivity contribution in [3.05, 3.63) is 64.7 Å². The van der Waals surface area contributed by atoms with Gasteiger partial charge in [0.15, 0.2) is 0 Å². The Balaban J connectivity index is 1.95. The first kappa shape index (κ1) is 20.9. The Kier molecular flexibility index (Phi) is 7.82. The van der Waals surface area contributed by atoms with E-state index in [-0.39, 0.29) is 18.4 Å². The molecule has 6 heteroatoms. The van der Waals surface area contributed by atoms with Gasteiger partial charge in [-0.3, -0.25) is 14.5 Å². The first-order valence-electron chi connectivity index (χ1n) is 9.05. The van der Waals surface area contributed by atoms with Crippen LogP contribution in [0.25, 0.3) is 0 Å². The molecule has 0 fully saturated rings. The molecule has 0 aliphatic rings. The second kappa shape index (κ2) is 10.1. The highest BCUT2D eigenvalue weighted by Crippen LogP contribution is 2.14. The summed E-state index contributed by atoms with van der Waals surface area (Å²) in [5.41, 5.74) is 2.24. The van der Waals surface area contributed by atoms with E-state index in [4.69, 9.17) is 11.6 Å². The first-order valence-corrected chi connectivity index (χ1v) is 9.42. The molecule has 0 spiro atoms. The standard InChI is InChI=1S/C21H26ClN3O2/c1-4-25(5-2)21(27)17-9-7-11-19(13-17)23-20(26)15-24(3)14-16-8-6-10-18(22)12-16/h6-13H,4-5,14-15H2,1-3H3,(H,23,26). The van der Waals surface area contributed by atoms with Gasteiger partial charge >= 0.3 is 0 Å². The number of likely N-dealkylation sites (N-methyl/N-ethyl adjacent to an activating group) is 1. The van der Waals surface area contributed by atoms with Crippen molar-refractivity contribution in [3.63, 3.8) is 0 Å². The molecule has 0 atom stereocenters. The number of nitrogens with zero attached hydrogens (tertiary/aromatic N) is 2. The third-order valence-electron chi connectivity index (χ3n) is 4.20. The van der Waals surface area contributed by atoms with Gasteiger partial charge in [0.25, 0.3) is 5.91 Å². The van der Waals surface area contributed by atoms with Gasteiger partial charge in [0.05, 0.1) is 6.54 Å². The van der Waals surface area contributed by atoms with Crippen LogP contribution in [0.4, 0.5) is 5.69 Å². The normalized spacial score (nSPS) is 10.7. The summed E-state index contributed by atoms with van der Waals surface area (Å²) in [4.78, 5) is 28.4. The van der Waals surface area contributed by atoms with Crippen LogP contribution in [0.5, 0.6) is 0 Å². The van der Waals surface area contributed by atoms with Gasteiger partial charge < -0.3 is 10.2 Å². The Bertz CT molecular complexity index is 791. The molecule has 0 unspecified atom stereocenters. The van der Waals surface area contributed by atoms with Crippen LogP contribution in [-0.4, -0.2) is 48.3 Å². The lowest BCUT2D eigenvalue weighted by Gasteiger charge is -2.19. The van der Waals surface area contributed by atoms with Crippen LogP contribution in [0.1, 0.15) is 29.8 Å². The van der Waals surface area contributed by atoms with Crippen LogP contribution >= 0.6 is 11.6 Å². The van der Waals surface area contributed by atoms with Crippen LogP contribution in [0.2, 0.25) is 5.02 Å². The molecule has 5 nitrogen and oxygen atoms in total. The fourth-order valence-electron chi connectivity index (χ4n) is 2.87. The number of hydrogen-bond acceptors (Lipinski definition) is 3. The van der Waals surface area contributed by atoms with Crippen molar-refractivity contribution in [1.29, 1.82) is 0 Å². The maximum Gasteiger partial charge on any atom is 0.253 e. The minimum atomic E-state index is -0.132. The molecule has 0 aliphatic carbocycles. The number of nitrogens with one attached hydrogen (secondary N) is 1. The summed E-state index contributed by atoms with van der Waals surface area (Å²) in [6.07, 6.45) is 0. The molecule has 2 amide bonds. The fourth-order valence-corrected chi connectivity index (χ4v) is 3.08. The molecule has 144 valence electrons. The molecular formula is C21H26ClN3O2. The number of carbonyl (C=O) groups excluding carboxylic acids is 2. The van der Waals surface area contributed by atoms with E-state index in [1.165, 1.54) is 0 Å². The number of carbonyl (C=O) groups is 2. The minimum absolute atomic E-state index is 0.0332.